The van der Waals surface area contributed by atoms with Crippen LogP contribution in [0, 0.1) is 6.92 Å². The van der Waals surface area contributed by atoms with E-state index in [2.05, 4.69) is 10.3 Å². The van der Waals surface area contributed by atoms with Crippen molar-refractivity contribution in [2.75, 3.05) is 5.32 Å². The van der Waals surface area contributed by atoms with E-state index < -0.39 is 0 Å². The molecule has 0 spiro atoms. The number of pyridine rings is 1. The molecule has 30 heavy (non-hydrogen) atoms. The minimum absolute atomic E-state index is 0.116. The van der Waals surface area contributed by atoms with Crippen LogP contribution in [0.4, 0.5) is 5.69 Å². The number of para-hydroxylation sites is 1. The molecule has 2 heterocycles. The highest BCUT2D eigenvalue weighted by Gasteiger charge is 2.17. The fourth-order valence-corrected chi connectivity index (χ4v) is 3.79. The highest BCUT2D eigenvalue weighted by Crippen LogP contribution is 2.31. The predicted molar refractivity (Wildman–Crippen MR) is 120 cm³/mol. The van der Waals surface area contributed by atoms with Crippen LogP contribution in [0.15, 0.2) is 85.1 Å². The molecule has 0 radical (unpaired) electrons. The van der Waals surface area contributed by atoms with Crippen LogP contribution in [0.3, 0.4) is 0 Å². The summed E-state index contributed by atoms with van der Waals surface area (Å²) in [5, 5.41) is 9.72. The van der Waals surface area contributed by atoms with Crippen molar-refractivity contribution in [1.29, 1.82) is 0 Å². The molecule has 0 fully saturated rings. The van der Waals surface area contributed by atoms with E-state index >= 15 is 0 Å². The second kappa shape index (κ2) is 7.44. The van der Waals surface area contributed by atoms with Gasteiger partial charge in [-0.25, -0.2) is 0 Å². The van der Waals surface area contributed by atoms with Gasteiger partial charge in [0.1, 0.15) is 12.2 Å². The second-order valence-corrected chi connectivity index (χ2v) is 7.33. The number of fused-ring (bicyclic) bond motifs is 3. The van der Waals surface area contributed by atoms with Gasteiger partial charge in [-0.05, 0) is 30.7 Å². The molecule has 5 nitrogen and oxygen atoms in total. The third-order valence-corrected chi connectivity index (χ3v) is 5.12. The van der Waals surface area contributed by atoms with Crippen molar-refractivity contribution >= 4 is 33.4 Å². The van der Waals surface area contributed by atoms with Crippen LogP contribution in [0.5, 0.6) is 0 Å². The van der Waals surface area contributed by atoms with Crippen molar-refractivity contribution in [2.45, 2.75) is 13.5 Å². The van der Waals surface area contributed by atoms with Crippen LogP contribution in [-0.2, 0) is 11.3 Å². The van der Waals surface area contributed by atoms with E-state index in [9.17, 15) is 4.79 Å². The summed E-state index contributed by atoms with van der Waals surface area (Å²) in [7, 11) is 0. The Morgan fingerprint density at radius 2 is 1.73 bits per heavy atom. The van der Waals surface area contributed by atoms with Crippen molar-refractivity contribution in [1.82, 2.24) is 14.8 Å². The van der Waals surface area contributed by atoms with Gasteiger partial charge in [0.05, 0.1) is 11.0 Å². The largest absolute Gasteiger partial charge is 0.324 e. The fourth-order valence-electron chi connectivity index (χ4n) is 3.79. The maximum atomic E-state index is 12.8. The normalized spacial score (nSPS) is 11.1. The first-order chi connectivity index (χ1) is 14.7. The number of anilines is 1. The summed E-state index contributed by atoms with van der Waals surface area (Å²) in [6.45, 7) is 2.12. The molecule has 2 aromatic heterocycles. The molecule has 146 valence electrons. The molecular weight excluding hydrogens is 372 g/mol. The van der Waals surface area contributed by atoms with Gasteiger partial charge < -0.3 is 5.32 Å². The Kier molecular flexibility index (Phi) is 4.48. The van der Waals surface area contributed by atoms with Gasteiger partial charge in [0, 0.05) is 28.2 Å². The Morgan fingerprint density at radius 1 is 0.933 bits per heavy atom. The predicted octanol–water partition coefficient (Wildman–Crippen LogP) is 5.20. The molecule has 1 amide bonds. The van der Waals surface area contributed by atoms with Crippen molar-refractivity contribution in [3.05, 3.63) is 90.6 Å². The van der Waals surface area contributed by atoms with Gasteiger partial charge in [0.25, 0.3) is 0 Å². The van der Waals surface area contributed by atoms with Gasteiger partial charge in [0.2, 0.25) is 5.91 Å². The molecule has 3 aromatic carbocycles. The van der Waals surface area contributed by atoms with Crippen LogP contribution in [-0.4, -0.2) is 20.7 Å². The molecule has 0 saturated heterocycles. The van der Waals surface area contributed by atoms with Gasteiger partial charge in [0.15, 0.2) is 0 Å². The summed E-state index contributed by atoms with van der Waals surface area (Å²) >= 11 is 0. The highest BCUT2D eigenvalue weighted by molar-refractivity contribution is 6.08. The summed E-state index contributed by atoms with van der Waals surface area (Å²) in [6, 6.07) is 25.7. The van der Waals surface area contributed by atoms with E-state index in [0.29, 0.717) is 0 Å². The number of amides is 1. The van der Waals surface area contributed by atoms with Gasteiger partial charge in [-0.2, -0.15) is 5.10 Å². The molecule has 0 aliphatic heterocycles. The fraction of sp³-hybridized carbons (Fsp3) is 0.0800. The highest BCUT2D eigenvalue weighted by atomic mass is 16.2. The SMILES string of the molecule is Cc1cccc(NC(=O)Cn2nc(-c3ccccc3)c3cnc4ccccc4c32)c1. The molecule has 1 N–H and O–H groups in total. The number of carbonyl (C=O) groups is 1. The second-order valence-electron chi connectivity index (χ2n) is 7.33. The lowest BCUT2D eigenvalue weighted by molar-refractivity contribution is -0.116. The Morgan fingerprint density at radius 3 is 2.57 bits per heavy atom. The molecule has 5 aromatic rings. The topological polar surface area (TPSA) is 59.8 Å². The number of hydrogen-bond donors (Lipinski definition) is 1. The number of nitrogens with zero attached hydrogens (tertiary/aromatic N) is 3. The quantitative estimate of drug-likeness (QED) is 0.457. The molecule has 0 saturated carbocycles. The lowest BCUT2D eigenvalue weighted by Crippen LogP contribution is -2.19. The molecule has 0 bridgehead atoms. The van der Waals surface area contributed by atoms with Gasteiger partial charge in [-0.1, -0.05) is 60.7 Å². The zero-order valence-electron chi connectivity index (χ0n) is 16.5. The molecule has 0 aliphatic rings. The summed E-state index contributed by atoms with van der Waals surface area (Å²) in [4.78, 5) is 17.4. The standard InChI is InChI=1S/C25H20N4O/c1-17-8-7-11-19(14-17)27-23(30)16-29-25-20-12-5-6-13-22(20)26-15-21(25)24(28-29)18-9-3-2-4-10-18/h2-15H,16H2,1H3,(H,27,30). The van der Waals surface area contributed by atoms with Crippen LogP contribution in [0.2, 0.25) is 0 Å². The average molecular weight is 392 g/mol. The molecule has 5 rings (SSSR count). The van der Waals surface area contributed by atoms with Crippen LogP contribution in [0.1, 0.15) is 5.56 Å². The number of hydrogen-bond acceptors (Lipinski definition) is 3. The van der Waals surface area contributed by atoms with Crippen LogP contribution >= 0.6 is 0 Å². The summed E-state index contributed by atoms with van der Waals surface area (Å²) in [5.74, 6) is -0.120. The van der Waals surface area contributed by atoms with Gasteiger partial charge >= 0.3 is 0 Å². The summed E-state index contributed by atoms with van der Waals surface area (Å²) in [6.07, 6.45) is 1.85. The van der Waals surface area contributed by atoms with E-state index in [4.69, 9.17) is 5.10 Å². The van der Waals surface area contributed by atoms with Crippen LogP contribution < -0.4 is 5.32 Å². The van der Waals surface area contributed by atoms with Crippen molar-refractivity contribution < 1.29 is 4.79 Å². The molecule has 0 atom stereocenters. The van der Waals surface area contributed by atoms with Crippen molar-refractivity contribution in [3.63, 3.8) is 0 Å². The Labute approximate surface area is 174 Å². The van der Waals surface area contributed by atoms with E-state index in [0.717, 1.165) is 44.3 Å². The Hall–Kier alpha value is -3.99. The summed E-state index contributed by atoms with van der Waals surface area (Å²) < 4.78 is 1.78. The Bertz CT molecular complexity index is 1370. The zero-order valence-corrected chi connectivity index (χ0v) is 16.5. The molecular formula is C25H20N4O. The maximum absolute atomic E-state index is 12.8. The van der Waals surface area contributed by atoms with E-state index in [1.54, 1.807) is 4.68 Å². The van der Waals surface area contributed by atoms with Crippen molar-refractivity contribution in [3.8, 4) is 11.3 Å². The third kappa shape index (κ3) is 3.31. The molecule has 0 aliphatic carbocycles. The van der Waals surface area contributed by atoms with Gasteiger partial charge in [-0.3, -0.25) is 14.5 Å². The lowest BCUT2D eigenvalue weighted by atomic mass is 10.1. The molecule has 5 heteroatoms. The Balaban J connectivity index is 1.61. The molecule has 0 unspecified atom stereocenters. The number of rotatable bonds is 4. The van der Waals surface area contributed by atoms with E-state index in [1.807, 2.05) is 92.0 Å². The first kappa shape index (κ1) is 18.1. The number of aromatic nitrogens is 3. The number of aryl methyl sites for hydroxylation is 1. The smallest absolute Gasteiger partial charge is 0.246 e. The summed E-state index contributed by atoms with van der Waals surface area (Å²) in [5.41, 5.74) is 5.50. The minimum atomic E-state index is -0.120. The first-order valence-corrected chi connectivity index (χ1v) is 9.85. The first-order valence-electron chi connectivity index (χ1n) is 9.85. The van der Waals surface area contributed by atoms with Gasteiger partial charge in [-0.15, -0.1) is 0 Å². The van der Waals surface area contributed by atoms with E-state index in [1.165, 1.54) is 0 Å². The third-order valence-electron chi connectivity index (χ3n) is 5.12. The van der Waals surface area contributed by atoms with Crippen molar-refractivity contribution in [2.24, 2.45) is 0 Å². The van der Waals surface area contributed by atoms with Crippen LogP contribution in [0.25, 0.3) is 33.1 Å². The van der Waals surface area contributed by atoms with E-state index in [-0.39, 0.29) is 12.5 Å². The minimum Gasteiger partial charge on any atom is -0.324 e. The number of carbonyl (C=O) groups excluding carboxylic acids is 1. The lowest BCUT2D eigenvalue weighted by Gasteiger charge is -2.08. The maximum Gasteiger partial charge on any atom is 0.246 e. The zero-order chi connectivity index (χ0) is 20.5. The number of nitrogens with one attached hydrogen (secondary N) is 1. The average Bonchev–Trinajstić information content (AvgIpc) is 3.13. The monoisotopic (exact) mass is 392 g/mol. The number of benzene rings is 3.